The fourth-order valence-electron chi connectivity index (χ4n) is 0.977. The number of carbonyl (C=O) groups excluding carboxylic acids is 1. The maximum absolute atomic E-state index is 11.4. The van der Waals surface area contributed by atoms with Crippen LogP contribution in [0.3, 0.4) is 0 Å². The summed E-state index contributed by atoms with van der Waals surface area (Å²) in [5, 5.41) is 18.2. The van der Waals surface area contributed by atoms with E-state index >= 15 is 0 Å². The van der Waals surface area contributed by atoms with Gasteiger partial charge in [0, 0.05) is 25.7 Å². The van der Waals surface area contributed by atoms with E-state index in [0.29, 0.717) is 0 Å². The highest BCUT2D eigenvalue weighted by atomic mass is 16.3. The molecule has 1 rings (SSSR count). The van der Waals surface area contributed by atoms with E-state index in [4.69, 9.17) is 10.2 Å². The van der Waals surface area contributed by atoms with Gasteiger partial charge in [0.05, 0.1) is 0 Å². The molecule has 0 saturated heterocycles. The number of phenolic OH excluding ortho intramolecular Hbond substituents is 2. The number of carbonyl (C=O) groups is 1. The maximum atomic E-state index is 11.4. The van der Waals surface area contributed by atoms with E-state index in [1.165, 1.54) is 23.1 Å². The normalized spacial score (nSPS) is 9.69. The predicted octanol–water partition coefficient (Wildman–Crippen LogP) is 0.800. The third kappa shape index (κ3) is 2.11. The molecule has 0 radical (unpaired) electrons. The number of aromatic hydroxyl groups is 2. The Balaban J connectivity index is 3.08. The predicted molar refractivity (Wildman–Crippen MR) is 47.8 cm³/mol. The first-order valence-electron chi connectivity index (χ1n) is 3.75. The lowest BCUT2D eigenvalue weighted by Crippen LogP contribution is -2.21. The first-order chi connectivity index (χ1) is 6.00. The topological polar surface area (TPSA) is 60.8 Å². The van der Waals surface area contributed by atoms with Crippen molar-refractivity contribution in [2.75, 3.05) is 14.1 Å². The summed E-state index contributed by atoms with van der Waals surface area (Å²) in [6.45, 7) is 0. The van der Waals surface area contributed by atoms with Crippen molar-refractivity contribution < 1.29 is 15.0 Å². The second kappa shape index (κ2) is 3.35. The molecule has 0 saturated carbocycles. The second-order valence-corrected chi connectivity index (χ2v) is 2.94. The van der Waals surface area contributed by atoms with Crippen molar-refractivity contribution in [2.45, 2.75) is 0 Å². The molecule has 0 heterocycles. The van der Waals surface area contributed by atoms with E-state index in [1.807, 2.05) is 0 Å². The molecule has 13 heavy (non-hydrogen) atoms. The first kappa shape index (κ1) is 9.38. The van der Waals surface area contributed by atoms with Crippen LogP contribution in [0.4, 0.5) is 0 Å². The van der Waals surface area contributed by atoms with Gasteiger partial charge >= 0.3 is 0 Å². The van der Waals surface area contributed by atoms with Gasteiger partial charge in [0.25, 0.3) is 5.91 Å². The molecule has 0 aliphatic heterocycles. The lowest BCUT2D eigenvalue weighted by Gasteiger charge is -2.10. The van der Waals surface area contributed by atoms with Gasteiger partial charge in [0.2, 0.25) is 0 Å². The van der Waals surface area contributed by atoms with Gasteiger partial charge in [0.15, 0.2) is 0 Å². The number of hydrogen-bond acceptors (Lipinski definition) is 3. The van der Waals surface area contributed by atoms with E-state index < -0.39 is 0 Å². The fourth-order valence-corrected chi connectivity index (χ4v) is 0.977. The monoisotopic (exact) mass is 181 g/mol. The number of hydrogen-bond donors (Lipinski definition) is 2. The van der Waals surface area contributed by atoms with Crippen LogP contribution in [0.2, 0.25) is 0 Å². The van der Waals surface area contributed by atoms with Crippen LogP contribution in [-0.4, -0.2) is 35.1 Å². The number of phenols is 2. The molecule has 0 aliphatic rings. The van der Waals surface area contributed by atoms with Gasteiger partial charge in [-0.3, -0.25) is 4.79 Å². The second-order valence-electron chi connectivity index (χ2n) is 2.94. The van der Waals surface area contributed by atoms with E-state index in [2.05, 4.69) is 0 Å². The van der Waals surface area contributed by atoms with Gasteiger partial charge in [-0.15, -0.1) is 0 Å². The van der Waals surface area contributed by atoms with Gasteiger partial charge in [-0.05, 0) is 12.1 Å². The molecule has 0 spiro atoms. The quantitative estimate of drug-likeness (QED) is 0.673. The highest BCUT2D eigenvalue weighted by molar-refractivity contribution is 5.94. The van der Waals surface area contributed by atoms with Crippen LogP contribution in [-0.2, 0) is 0 Å². The van der Waals surface area contributed by atoms with E-state index in [1.54, 1.807) is 14.1 Å². The fraction of sp³-hybridized carbons (Fsp3) is 0.222. The average molecular weight is 181 g/mol. The third-order valence-electron chi connectivity index (χ3n) is 1.56. The van der Waals surface area contributed by atoms with E-state index in [-0.39, 0.29) is 23.0 Å². The summed E-state index contributed by atoms with van der Waals surface area (Å²) in [4.78, 5) is 12.7. The molecule has 0 aliphatic carbocycles. The molecule has 1 aromatic rings. The van der Waals surface area contributed by atoms with Crippen LogP contribution in [0.1, 0.15) is 10.4 Å². The van der Waals surface area contributed by atoms with Crippen molar-refractivity contribution in [1.29, 1.82) is 0 Å². The maximum Gasteiger partial charge on any atom is 0.253 e. The summed E-state index contributed by atoms with van der Waals surface area (Å²) < 4.78 is 0. The Morgan fingerprint density at radius 1 is 1.15 bits per heavy atom. The molecule has 0 aromatic heterocycles. The van der Waals surface area contributed by atoms with Crippen molar-refractivity contribution in [3.05, 3.63) is 23.8 Å². The SMILES string of the molecule is CN(C)C(=O)c1cc(O)cc(O)c1. The number of nitrogens with zero attached hydrogens (tertiary/aromatic N) is 1. The summed E-state index contributed by atoms with van der Waals surface area (Å²) in [5.41, 5.74) is 0.266. The Morgan fingerprint density at radius 3 is 2.00 bits per heavy atom. The lowest BCUT2D eigenvalue weighted by atomic mass is 10.2. The van der Waals surface area contributed by atoms with Gasteiger partial charge in [-0.1, -0.05) is 0 Å². The molecular formula is C9H11NO3. The van der Waals surface area contributed by atoms with Crippen molar-refractivity contribution in [2.24, 2.45) is 0 Å². The largest absolute Gasteiger partial charge is 0.508 e. The van der Waals surface area contributed by atoms with Gasteiger partial charge < -0.3 is 15.1 Å². The summed E-state index contributed by atoms with van der Waals surface area (Å²) in [6, 6.07) is 3.79. The Kier molecular flexibility index (Phi) is 2.41. The van der Waals surface area contributed by atoms with Crippen LogP contribution in [0.25, 0.3) is 0 Å². The van der Waals surface area contributed by atoms with Crippen molar-refractivity contribution >= 4 is 5.91 Å². The zero-order chi connectivity index (χ0) is 10.0. The lowest BCUT2D eigenvalue weighted by molar-refractivity contribution is 0.0827. The number of amides is 1. The van der Waals surface area contributed by atoms with Crippen molar-refractivity contribution in [1.82, 2.24) is 4.90 Å². The standard InChI is InChI=1S/C9H11NO3/c1-10(2)9(13)6-3-7(11)5-8(12)4-6/h3-5,11-12H,1-2H3. The minimum absolute atomic E-state index is 0.120. The molecule has 1 aromatic carbocycles. The summed E-state index contributed by atoms with van der Waals surface area (Å²) in [5.74, 6) is -0.499. The van der Waals surface area contributed by atoms with Crippen LogP contribution in [0.15, 0.2) is 18.2 Å². The molecule has 0 fully saturated rings. The van der Waals surface area contributed by atoms with Gasteiger partial charge in [-0.25, -0.2) is 0 Å². The minimum Gasteiger partial charge on any atom is -0.508 e. The van der Waals surface area contributed by atoms with Crippen LogP contribution >= 0.6 is 0 Å². The molecule has 0 unspecified atom stereocenters. The first-order valence-corrected chi connectivity index (χ1v) is 3.75. The molecular weight excluding hydrogens is 170 g/mol. The van der Waals surface area contributed by atoms with Crippen LogP contribution in [0.5, 0.6) is 11.5 Å². The minimum atomic E-state index is -0.258. The smallest absolute Gasteiger partial charge is 0.253 e. The van der Waals surface area contributed by atoms with Crippen molar-refractivity contribution in [3.8, 4) is 11.5 Å². The zero-order valence-electron chi connectivity index (χ0n) is 7.48. The third-order valence-corrected chi connectivity index (χ3v) is 1.56. The summed E-state index contributed by atoms with van der Waals surface area (Å²) in [7, 11) is 3.20. The number of benzene rings is 1. The van der Waals surface area contributed by atoms with Gasteiger partial charge in [-0.2, -0.15) is 0 Å². The molecule has 0 bridgehead atoms. The Bertz CT molecular complexity index is 313. The van der Waals surface area contributed by atoms with E-state index in [9.17, 15) is 4.79 Å². The molecule has 2 N–H and O–H groups in total. The van der Waals surface area contributed by atoms with Crippen LogP contribution in [0, 0.1) is 0 Å². The van der Waals surface area contributed by atoms with Crippen LogP contribution < -0.4 is 0 Å². The molecule has 4 heteroatoms. The average Bonchev–Trinajstić information content (AvgIpc) is 2.01. The zero-order valence-corrected chi connectivity index (χ0v) is 7.48. The summed E-state index contributed by atoms with van der Waals surface area (Å²) >= 11 is 0. The van der Waals surface area contributed by atoms with Gasteiger partial charge in [0.1, 0.15) is 11.5 Å². The summed E-state index contributed by atoms with van der Waals surface area (Å²) in [6.07, 6.45) is 0. The molecule has 0 atom stereocenters. The highest BCUT2D eigenvalue weighted by Gasteiger charge is 2.09. The molecule has 4 nitrogen and oxygen atoms in total. The highest BCUT2D eigenvalue weighted by Crippen LogP contribution is 2.20. The Morgan fingerprint density at radius 2 is 1.62 bits per heavy atom. The molecule has 1 amide bonds. The Labute approximate surface area is 76.0 Å². The van der Waals surface area contributed by atoms with Crippen molar-refractivity contribution in [3.63, 3.8) is 0 Å². The Hall–Kier alpha value is -1.71. The van der Waals surface area contributed by atoms with E-state index in [0.717, 1.165) is 0 Å². The molecule has 70 valence electrons. The number of rotatable bonds is 1.